The zero-order valence-electron chi connectivity index (χ0n) is 30.7. The van der Waals surface area contributed by atoms with Crippen molar-refractivity contribution in [3.63, 3.8) is 0 Å². The van der Waals surface area contributed by atoms with Gasteiger partial charge in [-0.15, -0.1) is 0 Å². The van der Waals surface area contributed by atoms with E-state index in [0.29, 0.717) is 71.1 Å². The van der Waals surface area contributed by atoms with Crippen LogP contribution in [0.5, 0.6) is 0 Å². The van der Waals surface area contributed by atoms with E-state index in [-0.39, 0.29) is 11.6 Å². The summed E-state index contributed by atoms with van der Waals surface area (Å²) < 4.78 is 28.1. The number of aromatic nitrogens is 2. The van der Waals surface area contributed by atoms with Gasteiger partial charge in [0.25, 0.3) is 0 Å². The first-order valence-electron chi connectivity index (χ1n) is 16.2. The summed E-state index contributed by atoms with van der Waals surface area (Å²) in [6, 6.07) is 25.3. The fourth-order valence-electron chi connectivity index (χ4n) is 5.09. The first-order valence-corrected chi connectivity index (χ1v) is 21.9. The van der Waals surface area contributed by atoms with E-state index in [0.717, 1.165) is 45.3 Å². The van der Waals surface area contributed by atoms with Gasteiger partial charge in [0.15, 0.2) is 0 Å². The van der Waals surface area contributed by atoms with Gasteiger partial charge in [-0.05, 0) is 127 Å². The van der Waals surface area contributed by atoms with Crippen molar-refractivity contribution in [2.45, 2.75) is 55.4 Å². The van der Waals surface area contributed by atoms with Crippen molar-refractivity contribution in [2.75, 3.05) is 0 Å². The summed E-state index contributed by atoms with van der Waals surface area (Å²) in [4.78, 5) is 28.7. The number of aliphatic imine (C=N–C) groups is 4. The molecule has 54 heavy (non-hydrogen) atoms. The third-order valence-electron chi connectivity index (χ3n) is 8.13. The SMILES string of the molecule is CC(=Nc1cc(C)c(N=C(C)c2cccc(C(C)=Nc3cccc(F)c3C)n2)cc1C)c1cccc(C(C)=Nc2cccc(F)c2C)n1.[Cl][Co][Cl].[Cl][Co][Cl]. The van der Waals surface area contributed by atoms with Crippen molar-refractivity contribution in [3.8, 4) is 0 Å². The predicted molar refractivity (Wildman–Crippen MR) is 218 cm³/mol. The molecular formula is C40H38Cl4Co2F2N6. The number of hydrogen-bond acceptors (Lipinski definition) is 6. The van der Waals surface area contributed by atoms with Gasteiger partial charge in [-0.25, -0.2) is 18.7 Å². The van der Waals surface area contributed by atoms with E-state index in [1.807, 2.05) is 90.1 Å². The van der Waals surface area contributed by atoms with Crippen molar-refractivity contribution in [3.05, 3.63) is 142 Å². The van der Waals surface area contributed by atoms with Crippen LogP contribution in [0.15, 0.2) is 105 Å². The second kappa shape index (κ2) is 22.3. The molecule has 0 unspecified atom stereocenters. The van der Waals surface area contributed by atoms with Gasteiger partial charge in [0.1, 0.15) is 11.6 Å². The van der Waals surface area contributed by atoms with Crippen LogP contribution in [-0.4, -0.2) is 32.8 Å². The summed E-state index contributed by atoms with van der Waals surface area (Å²) >= 11 is 0.764. The number of aryl methyl sites for hydroxylation is 2. The van der Waals surface area contributed by atoms with Crippen LogP contribution < -0.4 is 0 Å². The van der Waals surface area contributed by atoms with Crippen LogP contribution in [0.4, 0.5) is 31.5 Å². The van der Waals surface area contributed by atoms with E-state index in [1.54, 1.807) is 38.1 Å². The number of rotatable bonds is 8. The van der Waals surface area contributed by atoms with Gasteiger partial charge in [0, 0.05) is 11.1 Å². The molecular weight excluding hydrogens is 862 g/mol. The first-order chi connectivity index (χ1) is 25.7. The Balaban J connectivity index is 0.00000122. The third-order valence-corrected chi connectivity index (χ3v) is 8.13. The Morgan fingerprint density at radius 1 is 0.463 bits per heavy atom. The average Bonchev–Trinajstić information content (AvgIpc) is 3.15. The topological polar surface area (TPSA) is 75.2 Å². The second-order valence-electron chi connectivity index (χ2n) is 11.9. The Kier molecular flexibility index (Phi) is 18.6. The molecule has 0 N–H and O–H groups in total. The summed E-state index contributed by atoms with van der Waals surface area (Å²) in [5.41, 5.74) is 11.5. The monoisotopic (exact) mass is 898 g/mol. The molecule has 5 aromatic rings. The molecule has 2 heterocycles. The molecule has 0 bridgehead atoms. The van der Waals surface area contributed by atoms with E-state index in [1.165, 1.54) is 12.1 Å². The van der Waals surface area contributed by atoms with Gasteiger partial charge in [-0.3, -0.25) is 20.0 Å². The fraction of sp³-hybridized carbons (Fsp3) is 0.200. The summed E-state index contributed by atoms with van der Waals surface area (Å²) in [7, 11) is 18.9. The van der Waals surface area contributed by atoms with Crippen LogP contribution in [0.3, 0.4) is 0 Å². The normalized spacial score (nSPS) is 12.3. The predicted octanol–water partition coefficient (Wildman–Crippen LogP) is 13.3. The Labute approximate surface area is 345 Å². The van der Waals surface area contributed by atoms with Gasteiger partial charge in [0.05, 0.1) is 68.4 Å². The van der Waals surface area contributed by atoms with Crippen LogP contribution in [0.2, 0.25) is 0 Å². The minimum absolute atomic E-state index is 0.286. The van der Waals surface area contributed by atoms with E-state index in [2.05, 4.69) is 9.98 Å². The van der Waals surface area contributed by atoms with Gasteiger partial charge in [-0.2, -0.15) is 0 Å². The van der Waals surface area contributed by atoms with Crippen LogP contribution in [0.1, 0.15) is 72.7 Å². The van der Waals surface area contributed by atoms with Gasteiger partial charge < -0.3 is 0 Å². The molecule has 0 radical (unpaired) electrons. The molecule has 6 nitrogen and oxygen atoms in total. The molecule has 0 aliphatic carbocycles. The standard InChI is InChI=1S/C40H38F2N6.4ClH.2Co/c1-23-21-40(46-30(8)38-20-12-18-36(48-38)28(6)44-34-16-10-14-32(42)26(34)4)24(2)22-39(23)45-29(7)37-19-11-17-35(47-37)27(5)43-33-15-9-13-31(41)25(33)3;;;;;;/h9-22H,1-8H3;4*1H;;/q;;;;;2*+2/p-4. The van der Waals surface area contributed by atoms with Crippen LogP contribution in [-0.2, 0) is 25.8 Å². The van der Waals surface area contributed by atoms with E-state index < -0.39 is 0 Å². The molecule has 14 heteroatoms. The quantitative estimate of drug-likeness (QED) is 0.146. The minimum atomic E-state index is -0.286. The number of pyridine rings is 2. The van der Waals surface area contributed by atoms with Crippen LogP contribution in [0.25, 0.3) is 0 Å². The summed E-state index contributed by atoms with van der Waals surface area (Å²) in [5.74, 6) is -0.571. The Bertz CT molecular complexity index is 2060. The van der Waals surface area contributed by atoms with Crippen molar-refractivity contribution in [2.24, 2.45) is 20.0 Å². The number of halogens is 6. The summed E-state index contributed by atoms with van der Waals surface area (Å²) in [6.45, 7) is 15.0. The summed E-state index contributed by atoms with van der Waals surface area (Å²) in [6.07, 6.45) is 0. The molecule has 288 valence electrons. The molecule has 3 aromatic carbocycles. The van der Waals surface area contributed by atoms with Crippen LogP contribution >= 0.6 is 40.6 Å². The maximum atomic E-state index is 14.0. The molecule has 0 aliphatic heterocycles. The number of benzene rings is 3. The molecule has 0 fully saturated rings. The fourth-order valence-corrected chi connectivity index (χ4v) is 5.09. The molecule has 0 aliphatic rings. The zero-order valence-corrected chi connectivity index (χ0v) is 35.8. The Morgan fingerprint density at radius 3 is 1.02 bits per heavy atom. The molecule has 5 rings (SSSR count). The van der Waals surface area contributed by atoms with E-state index in [9.17, 15) is 8.78 Å². The molecule has 0 saturated carbocycles. The van der Waals surface area contributed by atoms with Crippen molar-refractivity contribution in [1.29, 1.82) is 0 Å². The molecule has 0 spiro atoms. The Morgan fingerprint density at radius 2 is 0.722 bits per heavy atom. The van der Waals surface area contributed by atoms with E-state index >= 15 is 0 Å². The maximum absolute atomic E-state index is 14.0. The zero-order chi connectivity index (χ0) is 39.9. The van der Waals surface area contributed by atoms with Crippen molar-refractivity contribution >= 4 is 86.2 Å². The molecule has 0 saturated heterocycles. The van der Waals surface area contributed by atoms with Crippen molar-refractivity contribution in [1.82, 2.24) is 9.97 Å². The van der Waals surface area contributed by atoms with Crippen molar-refractivity contribution < 1.29 is 34.6 Å². The van der Waals surface area contributed by atoms with Gasteiger partial charge in [-0.1, -0.05) is 24.3 Å². The molecule has 0 amide bonds. The molecule has 2 aromatic heterocycles. The number of hydrogen-bond donors (Lipinski definition) is 0. The van der Waals surface area contributed by atoms with Gasteiger partial charge in [0.2, 0.25) is 0 Å². The summed E-state index contributed by atoms with van der Waals surface area (Å²) in [5, 5.41) is 0. The number of nitrogens with zero attached hydrogens (tertiary/aromatic N) is 6. The second-order valence-corrected chi connectivity index (χ2v) is 15.3. The Hall–Kier alpha value is -3.33. The third kappa shape index (κ3) is 12.9. The first kappa shape index (κ1) is 45.1. The van der Waals surface area contributed by atoms with Crippen LogP contribution in [0, 0.1) is 39.3 Å². The van der Waals surface area contributed by atoms with E-state index in [4.69, 9.17) is 60.5 Å². The van der Waals surface area contributed by atoms with Gasteiger partial charge >= 0.3 is 66.4 Å². The molecule has 0 atom stereocenters. The average molecular weight is 900 g/mol.